The molecule has 0 aliphatic heterocycles. The Hall–Kier alpha value is -2.44. The van der Waals surface area contributed by atoms with Crippen molar-refractivity contribution in [2.24, 2.45) is 0 Å². The first-order chi connectivity index (χ1) is 12.5. The maximum absolute atomic E-state index is 10.6. The van der Waals surface area contributed by atoms with E-state index in [1.54, 1.807) is 24.3 Å². The predicted molar refractivity (Wildman–Crippen MR) is 99.1 cm³/mol. The number of phenolic OH excluding ortho intramolecular Hbond substituents is 2. The van der Waals surface area contributed by atoms with Gasteiger partial charge >= 0.3 is 0 Å². The van der Waals surface area contributed by atoms with Crippen LogP contribution >= 0.6 is 0 Å². The lowest BCUT2D eigenvalue weighted by molar-refractivity contribution is 0.288. The van der Waals surface area contributed by atoms with Gasteiger partial charge in [-0.15, -0.1) is 0 Å². The molecule has 2 rings (SSSR count). The van der Waals surface area contributed by atoms with Crippen LogP contribution in [0.1, 0.15) is 24.0 Å². The maximum atomic E-state index is 10.6. The van der Waals surface area contributed by atoms with Crippen LogP contribution in [0.5, 0.6) is 23.0 Å². The molecule has 6 heteroatoms. The van der Waals surface area contributed by atoms with E-state index in [9.17, 15) is 10.2 Å². The van der Waals surface area contributed by atoms with Gasteiger partial charge in [-0.25, -0.2) is 0 Å². The third-order valence-corrected chi connectivity index (χ3v) is 4.25. The number of hydrogen-bond donors (Lipinski definition) is 4. The van der Waals surface area contributed by atoms with Crippen LogP contribution in [0.4, 0.5) is 0 Å². The maximum Gasteiger partial charge on any atom is 0.165 e. The monoisotopic (exact) mass is 362 g/mol. The second-order valence-electron chi connectivity index (χ2n) is 6.04. The molecule has 0 aliphatic carbocycles. The molecule has 0 heterocycles. The van der Waals surface area contributed by atoms with Gasteiger partial charge in [-0.1, -0.05) is 0 Å². The first kappa shape index (κ1) is 19.9. The van der Waals surface area contributed by atoms with Crippen LogP contribution in [-0.4, -0.2) is 47.9 Å². The predicted octanol–water partition coefficient (Wildman–Crippen LogP) is 2.63. The normalized spacial score (nSPS) is 10.8. The number of phenols is 2. The van der Waals surface area contributed by atoms with Crippen LogP contribution in [0.3, 0.4) is 0 Å². The van der Waals surface area contributed by atoms with E-state index >= 15 is 0 Å². The topological polar surface area (TPSA) is 99.4 Å². The molecular formula is C20H26O6. The van der Waals surface area contributed by atoms with Gasteiger partial charge in [0.25, 0.3) is 0 Å². The number of rotatable bonds is 9. The van der Waals surface area contributed by atoms with Gasteiger partial charge in [0.05, 0.1) is 14.2 Å². The van der Waals surface area contributed by atoms with Gasteiger partial charge in [-0.05, 0) is 61.1 Å². The van der Waals surface area contributed by atoms with Crippen molar-refractivity contribution in [3.8, 4) is 34.1 Å². The second kappa shape index (κ2) is 9.31. The van der Waals surface area contributed by atoms with Gasteiger partial charge in [0.2, 0.25) is 0 Å². The van der Waals surface area contributed by atoms with Crippen molar-refractivity contribution < 1.29 is 29.9 Å². The number of aryl methyl sites for hydroxylation is 2. The van der Waals surface area contributed by atoms with Crippen molar-refractivity contribution in [1.82, 2.24) is 0 Å². The van der Waals surface area contributed by atoms with Crippen molar-refractivity contribution in [3.63, 3.8) is 0 Å². The van der Waals surface area contributed by atoms with E-state index in [1.165, 1.54) is 14.2 Å². The zero-order chi connectivity index (χ0) is 19.1. The first-order valence-electron chi connectivity index (χ1n) is 8.57. The van der Waals surface area contributed by atoms with Crippen molar-refractivity contribution in [1.29, 1.82) is 0 Å². The minimum Gasteiger partial charge on any atom is -0.504 e. The Morgan fingerprint density at radius 1 is 0.692 bits per heavy atom. The van der Waals surface area contributed by atoms with E-state index < -0.39 is 0 Å². The van der Waals surface area contributed by atoms with E-state index in [1.807, 2.05) is 0 Å². The fourth-order valence-electron chi connectivity index (χ4n) is 2.91. The third kappa shape index (κ3) is 4.39. The van der Waals surface area contributed by atoms with E-state index in [2.05, 4.69) is 0 Å². The number of aliphatic hydroxyl groups excluding tert-OH is 2. The number of ether oxygens (including phenoxy) is 2. The molecule has 26 heavy (non-hydrogen) atoms. The second-order valence-corrected chi connectivity index (χ2v) is 6.04. The zero-order valence-corrected chi connectivity index (χ0v) is 15.2. The standard InChI is InChI=1S/C20H26O6/c1-25-17-11-13(5-3-7-21)9-15(19(17)23)16-10-14(6-4-8-22)12-18(26-2)20(16)24/h9-12,21-24H,3-8H2,1-2H3. The summed E-state index contributed by atoms with van der Waals surface area (Å²) in [7, 11) is 2.93. The lowest BCUT2D eigenvalue weighted by Crippen LogP contribution is -1.97. The number of aliphatic hydroxyl groups is 2. The highest BCUT2D eigenvalue weighted by atomic mass is 16.5. The molecule has 2 aromatic carbocycles. The average Bonchev–Trinajstić information content (AvgIpc) is 2.66. The van der Waals surface area contributed by atoms with Crippen LogP contribution < -0.4 is 9.47 Å². The van der Waals surface area contributed by atoms with Gasteiger partial charge in [0, 0.05) is 24.3 Å². The lowest BCUT2D eigenvalue weighted by atomic mass is 9.95. The molecule has 0 radical (unpaired) electrons. The highest BCUT2D eigenvalue weighted by Gasteiger charge is 2.19. The van der Waals surface area contributed by atoms with E-state index in [0.717, 1.165) is 11.1 Å². The average molecular weight is 362 g/mol. The Morgan fingerprint density at radius 3 is 1.38 bits per heavy atom. The fraction of sp³-hybridized carbons (Fsp3) is 0.400. The van der Waals surface area contributed by atoms with Crippen molar-refractivity contribution in [3.05, 3.63) is 35.4 Å². The molecular weight excluding hydrogens is 336 g/mol. The Labute approximate surface area is 153 Å². The van der Waals surface area contributed by atoms with E-state index in [0.29, 0.717) is 48.3 Å². The summed E-state index contributed by atoms with van der Waals surface area (Å²) >= 11 is 0. The molecule has 0 aliphatic rings. The molecule has 2 aromatic rings. The molecule has 142 valence electrons. The van der Waals surface area contributed by atoms with Crippen molar-refractivity contribution >= 4 is 0 Å². The SMILES string of the molecule is COc1cc(CCCO)cc(-c2cc(CCCO)cc(OC)c2O)c1O. The Balaban J connectivity index is 2.61. The van der Waals surface area contributed by atoms with Crippen LogP contribution in [-0.2, 0) is 12.8 Å². The molecule has 4 N–H and O–H groups in total. The van der Waals surface area contributed by atoms with Crippen molar-refractivity contribution in [2.75, 3.05) is 27.4 Å². The third-order valence-electron chi connectivity index (χ3n) is 4.25. The highest BCUT2D eigenvalue weighted by Crippen LogP contribution is 2.45. The van der Waals surface area contributed by atoms with Crippen LogP contribution in [0.2, 0.25) is 0 Å². The quantitative estimate of drug-likeness (QED) is 0.547. The number of hydrogen-bond acceptors (Lipinski definition) is 6. The summed E-state index contributed by atoms with van der Waals surface area (Å²) in [4.78, 5) is 0. The minimum absolute atomic E-state index is 0.0637. The molecule has 0 unspecified atom stereocenters. The molecule has 0 atom stereocenters. The van der Waals surface area contributed by atoms with Crippen molar-refractivity contribution in [2.45, 2.75) is 25.7 Å². The summed E-state index contributed by atoms with van der Waals surface area (Å²) in [5.41, 5.74) is 2.61. The Kier molecular flexibility index (Phi) is 7.12. The number of methoxy groups -OCH3 is 2. The first-order valence-corrected chi connectivity index (χ1v) is 8.57. The van der Waals surface area contributed by atoms with Gasteiger partial charge < -0.3 is 29.9 Å². The molecule has 0 spiro atoms. The molecule has 0 amide bonds. The summed E-state index contributed by atoms with van der Waals surface area (Å²) in [6.07, 6.45) is 2.39. The summed E-state index contributed by atoms with van der Waals surface area (Å²) in [5, 5.41) is 39.3. The Morgan fingerprint density at radius 2 is 1.08 bits per heavy atom. The molecule has 0 saturated carbocycles. The van der Waals surface area contributed by atoms with Gasteiger partial charge in [0.15, 0.2) is 23.0 Å². The summed E-state index contributed by atoms with van der Waals surface area (Å²) in [6, 6.07) is 6.99. The zero-order valence-electron chi connectivity index (χ0n) is 15.2. The van der Waals surface area contributed by atoms with Gasteiger partial charge in [-0.3, -0.25) is 0 Å². The molecule has 0 aromatic heterocycles. The van der Waals surface area contributed by atoms with Crippen LogP contribution in [0.15, 0.2) is 24.3 Å². The minimum atomic E-state index is -0.0723. The fourth-order valence-corrected chi connectivity index (χ4v) is 2.91. The Bertz CT molecular complexity index is 678. The summed E-state index contributed by atoms with van der Waals surface area (Å²) in [6.45, 7) is 0.127. The van der Waals surface area contributed by atoms with Gasteiger partial charge in [-0.2, -0.15) is 0 Å². The largest absolute Gasteiger partial charge is 0.504 e. The van der Waals surface area contributed by atoms with Crippen LogP contribution in [0, 0.1) is 0 Å². The van der Waals surface area contributed by atoms with E-state index in [-0.39, 0.29) is 24.7 Å². The molecule has 0 bridgehead atoms. The van der Waals surface area contributed by atoms with E-state index in [4.69, 9.17) is 19.7 Å². The summed E-state index contributed by atoms with van der Waals surface area (Å²) < 4.78 is 10.5. The van der Waals surface area contributed by atoms with Gasteiger partial charge in [0.1, 0.15) is 0 Å². The lowest BCUT2D eigenvalue weighted by Gasteiger charge is -2.16. The number of aromatic hydroxyl groups is 2. The molecule has 6 nitrogen and oxygen atoms in total. The smallest absolute Gasteiger partial charge is 0.165 e. The number of benzene rings is 2. The molecule has 0 fully saturated rings. The highest BCUT2D eigenvalue weighted by molar-refractivity contribution is 5.81. The van der Waals surface area contributed by atoms with Crippen LogP contribution in [0.25, 0.3) is 11.1 Å². The molecule has 0 saturated heterocycles. The summed E-state index contributed by atoms with van der Waals surface area (Å²) in [5.74, 6) is 0.456.